The van der Waals surface area contributed by atoms with Crippen molar-refractivity contribution in [3.05, 3.63) is 64.1 Å². The fraction of sp³-hybridized carbons (Fsp3) is 0.118. The fourth-order valence-corrected chi connectivity index (χ4v) is 2.12. The number of rotatable bonds is 5. The molecule has 0 aliphatic heterocycles. The molecule has 0 atom stereocenters. The van der Waals surface area contributed by atoms with Crippen LogP contribution in [0.25, 0.3) is 0 Å². The summed E-state index contributed by atoms with van der Waals surface area (Å²) >= 11 is 3.29. The van der Waals surface area contributed by atoms with Crippen LogP contribution in [0.5, 0.6) is 0 Å². The molecule has 0 spiro atoms. The largest absolute Gasteiger partial charge is 0.343 e. The van der Waals surface area contributed by atoms with Gasteiger partial charge < -0.3 is 10.6 Å². The zero-order valence-corrected chi connectivity index (χ0v) is 14.0. The number of anilines is 1. The van der Waals surface area contributed by atoms with Gasteiger partial charge in [-0.1, -0.05) is 15.9 Å². The summed E-state index contributed by atoms with van der Waals surface area (Å²) in [5.74, 6) is -0.699. The van der Waals surface area contributed by atoms with E-state index in [1.807, 2.05) is 0 Å². The van der Waals surface area contributed by atoms with Gasteiger partial charge in [-0.15, -0.1) is 0 Å². The number of ketones is 1. The molecule has 23 heavy (non-hydrogen) atoms. The summed E-state index contributed by atoms with van der Waals surface area (Å²) in [6, 6.07) is 13.4. The molecule has 0 fully saturated rings. The number of nitrogens with one attached hydrogen (secondary N) is 2. The lowest BCUT2D eigenvalue weighted by Gasteiger charge is -2.07. The Kier molecular flexibility index (Phi) is 5.65. The van der Waals surface area contributed by atoms with E-state index >= 15 is 0 Å². The van der Waals surface area contributed by atoms with Crippen molar-refractivity contribution in [3.8, 4) is 0 Å². The second kappa shape index (κ2) is 7.69. The first-order valence-electron chi connectivity index (χ1n) is 6.90. The van der Waals surface area contributed by atoms with E-state index < -0.39 is 0 Å². The highest BCUT2D eigenvalue weighted by molar-refractivity contribution is 9.10. The Morgan fingerprint density at radius 2 is 1.48 bits per heavy atom. The quantitative estimate of drug-likeness (QED) is 0.789. The zero-order chi connectivity index (χ0) is 16.8. The van der Waals surface area contributed by atoms with E-state index in [4.69, 9.17) is 0 Å². The van der Waals surface area contributed by atoms with Gasteiger partial charge in [0.25, 0.3) is 5.91 Å². The summed E-state index contributed by atoms with van der Waals surface area (Å²) in [5.41, 5.74) is 1.62. The standard InChI is InChI=1S/C17H15BrN2O3/c1-11(21)12-4-8-15(9-5-12)20-16(22)10-19-17(23)13-2-6-14(18)7-3-13/h2-9H,10H2,1H3,(H,19,23)(H,20,22). The summed E-state index contributed by atoms with van der Waals surface area (Å²) in [4.78, 5) is 34.9. The van der Waals surface area contributed by atoms with Crippen molar-refractivity contribution >= 4 is 39.2 Å². The molecule has 2 amide bonds. The first-order chi connectivity index (χ1) is 11.0. The van der Waals surface area contributed by atoms with Gasteiger partial charge in [0.1, 0.15) is 0 Å². The van der Waals surface area contributed by atoms with Crippen molar-refractivity contribution in [2.24, 2.45) is 0 Å². The number of amides is 2. The van der Waals surface area contributed by atoms with E-state index in [0.717, 1.165) is 4.47 Å². The Hall–Kier alpha value is -2.47. The summed E-state index contributed by atoms with van der Waals surface area (Å²) < 4.78 is 0.876. The molecule has 0 aliphatic rings. The van der Waals surface area contributed by atoms with Crippen LogP contribution in [-0.4, -0.2) is 24.1 Å². The monoisotopic (exact) mass is 374 g/mol. The summed E-state index contributed by atoms with van der Waals surface area (Å²) in [7, 11) is 0. The SMILES string of the molecule is CC(=O)c1ccc(NC(=O)CNC(=O)c2ccc(Br)cc2)cc1. The highest BCUT2D eigenvalue weighted by Crippen LogP contribution is 2.11. The first-order valence-corrected chi connectivity index (χ1v) is 7.69. The molecule has 0 heterocycles. The fourth-order valence-electron chi connectivity index (χ4n) is 1.86. The average Bonchev–Trinajstić information content (AvgIpc) is 2.54. The summed E-state index contributed by atoms with van der Waals surface area (Å²) in [5, 5.41) is 5.20. The minimum atomic E-state index is -0.342. The van der Waals surface area contributed by atoms with E-state index in [0.29, 0.717) is 16.8 Å². The molecule has 0 saturated heterocycles. The summed E-state index contributed by atoms with van der Waals surface area (Å²) in [6.07, 6.45) is 0. The van der Waals surface area contributed by atoms with Gasteiger partial charge in [0.15, 0.2) is 5.78 Å². The molecule has 6 heteroatoms. The van der Waals surface area contributed by atoms with E-state index in [1.54, 1.807) is 48.5 Å². The zero-order valence-electron chi connectivity index (χ0n) is 12.4. The molecule has 0 aliphatic carbocycles. The first kappa shape index (κ1) is 16.9. The molecule has 5 nitrogen and oxygen atoms in total. The van der Waals surface area contributed by atoms with Crippen LogP contribution in [0.2, 0.25) is 0 Å². The van der Waals surface area contributed by atoms with Crippen LogP contribution >= 0.6 is 15.9 Å². The maximum atomic E-state index is 11.9. The lowest BCUT2D eigenvalue weighted by atomic mass is 10.1. The van der Waals surface area contributed by atoms with Crippen LogP contribution in [0, 0.1) is 0 Å². The van der Waals surface area contributed by atoms with E-state index in [-0.39, 0.29) is 24.1 Å². The highest BCUT2D eigenvalue weighted by Gasteiger charge is 2.08. The van der Waals surface area contributed by atoms with E-state index in [2.05, 4.69) is 26.6 Å². The molecule has 0 unspecified atom stereocenters. The average molecular weight is 375 g/mol. The van der Waals surface area contributed by atoms with Gasteiger partial charge in [0, 0.05) is 21.3 Å². The van der Waals surface area contributed by atoms with E-state index in [9.17, 15) is 14.4 Å². The van der Waals surface area contributed by atoms with Gasteiger partial charge in [-0.05, 0) is 55.5 Å². The van der Waals surface area contributed by atoms with Gasteiger partial charge in [-0.25, -0.2) is 0 Å². The van der Waals surface area contributed by atoms with Crippen molar-refractivity contribution < 1.29 is 14.4 Å². The molecule has 0 radical (unpaired) electrons. The molecule has 2 aromatic rings. The molecular weight excluding hydrogens is 360 g/mol. The third kappa shape index (κ3) is 5.03. The number of halogens is 1. The molecule has 118 valence electrons. The lowest BCUT2D eigenvalue weighted by Crippen LogP contribution is -2.32. The van der Waals surface area contributed by atoms with Gasteiger partial charge in [-0.2, -0.15) is 0 Å². The molecule has 0 aromatic heterocycles. The molecule has 2 rings (SSSR count). The van der Waals surface area contributed by atoms with Crippen molar-refractivity contribution in [3.63, 3.8) is 0 Å². The number of Topliss-reactive ketones (excluding diaryl/α,β-unsaturated/α-hetero) is 1. The molecule has 2 aromatic carbocycles. The molecule has 0 saturated carbocycles. The van der Waals surface area contributed by atoms with Crippen molar-refractivity contribution in [1.29, 1.82) is 0 Å². The molecular formula is C17H15BrN2O3. The Bertz CT molecular complexity index is 725. The van der Waals surface area contributed by atoms with Crippen LogP contribution in [-0.2, 0) is 4.79 Å². The minimum absolute atomic E-state index is 0.0374. The van der Waals surface area contributed by atoms with Crippen molar-refractivity contribution in [2.75, 3.05) is 11.9 Å². The van der Waals surface area contributed by atoms with Crippen molar-refractivity contribution in [1.82, 2.24) is 5.32 Å². The highest BCUT2D eigenvalue weighted by atomic mass is 79.9. The predicted molar refractivity (Wildman–Crippen MR) is 91.6 cm³/mol. The predicted octanol–water partition coefficient (Wildman–Crippen LogP) is 3.02. The van der Waals surface area contributed by atoms with Gasteiger partial charge in [-0.3, -0.25) is 14.4 Å². The number of hydrogen-bond acceptors (Lipinski definition) is 3. The number of carbonyl (C=O) groups is 3. The van der Waals surface area contributed by atoms with Crippen LogP contribution in [0.4, 0.5) is 5.69 Å². The second-order valence-electron chi connectivity index (χ2n) is 4.87. The number of hydrogen-bond donors (Lipinski definition) is 2. The number of carbonyl (C=O) groups excluding carboxylic acids is 3. The second-order valence-corrected chi connectivity index (χ2v) is 5.79. The lowest BCUT2D eigenvalue weighted by molar-refractivity contribution is -0.115. The van der Waals surface area contributed by atoms with Crippen LogP contribution in [0.3, 0.4) is 0 Å². The maximum absolute atomic E-state index is 11.9. The van der Waals surface area contributed by atoms with Gasteiger partial charge in [0.2, 0.25) is 5.91 Å². The molecule has 0 bridgehead atoms. The Labute approximate surface area is 142 Å². The molecule has 2 N–H and O–H groups in total. The number of benzene rings is 2. The normalized spacial score (nSPS) is 10.0. The van der Waals surface area contributed by atoms with Crippen LogP contribution in [0.1, 0.15) is 27.6 Å². The smallest absolute Gasteiger partial charge is 0.251 e. The van der Waals surface area contributed by atoms with Gasteiger partial charge >= 0.3 is 0 Å². The Balaban J connectivity index is 1.86. The van der Waals surface area contributed by atoms with Crippen molar-refractivity contribution in [2.45, 2.75) is 6.92 Å². The topological polar surface area (TPSA) is 75.3 Å². The van der Waals surface area contributed by atoms with E-state index in [1.165, 1.54) is 6.92 Å². The van der Waals surface area contributed by atoms with Gasteiger partial charge in [0.05, 0.1) is 6.54 Å². The third-order valence-electron chi connectivity index (χ3n) is 3.09. The third-order valence-corrected chi connectivity index (χ3v) is 3.62. The Morgan fingerprint density at radius 1 is 0.913 bits per heavy atom. The maximum Gasteiger partial charge on any atom is 0.251 e. The minimum Gasteiger partial charge on any atom is -0.343 e. The van der Waals surface area contributed by atoms with Crippen LogP contribution in [0.15, 0.2) is 53.0 Å². The van der Waals surface area contributed by atoms with Crippen LogP contribution < -0.4 is 10.6 Å². The summed E-state index contributed by atoms with van der Waals surface area (Å²) in [6.45, 7) is 1.34. The Morgan fingerprint density at radius 3 is 2.04 bits per heavy atom.